The van der Waals surface area contributed by atoms with Crippen LogP contribution in [0.15, 0.2) is 47.4 Å². The van der Waals surface area contributed by atoms with Gasteiger partial charge in [0.25, 0.3) is 5.91 Å². The van der Waals surface area contributed by atoms with E-state index in [0.717, 1.165) is 17.4 Å². The van der Waals surface area contributed by atoms with Gasteiger partial charge in [0.05, 0.1) is 0 Å². The van der Waals surface area contributed by atoms with E-state index in [-0.39, 0.29) is 29.2 Å². The number of benzene rings is 2. The summed E-state index contributed by atoms with van der Waals surface area (Å²) in [5, 5.41) is 11.6. The molecule has 9 nitrogen and oxygen atoms in total. The number of halogens is 1. The third kappa shape index (κ3) is 4.28. The predicted octanol–water partition coefficient (Wildman–Crippen LogP) is 3.23. The summed E-state index contributed by atoms with van der Waals surface area (Å²) >= 11 is 1.12. The van der Waals surface area contributed by atoms with Crippen LogP contribution in [0.5, 0.6) is 11.5 Å². The molecule has 0 bridgehead atoms. The van der Waals surface area contributed by atoms with Gasteiger partial charge in [-0.3, -0.25) is 4.79 Å². The number of hydrogen-bond acceptors (Lipinski definition) is 8. The molecular formula is C21H19FN4O5S2. The minimum atomic E-state index is -3.98. The fourth-order valence-electron chi connectivity index (χ4n) is 3.81. The van der Waals surface area contributed by atoms with E-state index in [4.69, 9.17) is 9.47 Å². The number of aromatic nitrogens is 2. The van der Waals surface area contributed by atoms with Gasteiger partial charge in [0.1, 0.15) is 15.7 Å². The highest BCUT2D eigenvalue weighted by Gasteiger charge is 2.34. The Hall–Kier alpha value is -3.09. The van der Waals surface area contributed by atoms with Crippen molar-refractivity contribution < 1.29 is 27.1 Å². The van der Waals surface area contributed by atoms with Crippen LogP contribution in [0.2, 0.25) is 0 Å². The van der Waals surface area contributed by atoms with Gasteiger partial charge in [-0.05, 0) is 37.1 Å². The minimum absolute atomic E-state index is 0.136. The molecule has 0 aliphatic carbocycles. The number of anilines is 1. The maximum Gasteiger partial charge on any atom is 0.286 e. The number of hydrogen-bond donors (Lipinski definition) is 1. The molecule has 172 valence electrons. The van der Waals surface area contributed by atoms with Crippen molar-refractivity contribution in [1.29, 1.82) is 0 Å². The lowest BCUT2D eigenvalue weighted by molar-refractivity contribution is 0.102. The summed E-state index contributed by atoms with van der Waals surface area (Å²) in [5.41, 5.74) is 0.529. The molecule has 1 N–H and O–H groups in total. The van der Waals surface area contributed by atoms with Crippen molar-refractivity contribution in [3.63, 3.8) is 0 Å². The van der Waals surface area contributed by atoms with Crippen LogP contribution in [-0.4, -0.2) is 48.7 Å². The van der Waals surface area contributed by atoms with Gasteiger partial charge in [-0.1, -0.05) is 23.5 Å². The Kier molecular flexibility index (Phi) is 5.72. The van der Waals surface area contributed by atoms with Crippen LogP contribution >= 0.6 is 11.3 Å². The average molecular weight is 491 g/mol. The second-order valence-electron chi connectivity index (χ2n) is 7.60. The highest BCUT2D eigenvalue weighted by Crippen LogP contribution is 2.35. The Labute approximate surface area is 193 Å². The maximum absolute atomic E-state index is 14.1. The lowest BCUT2D eigenvalue weighted by atomic mass is 10.0. The zero-order valence-electron chi connectivity index (χ0n) is 17.2. The standard InChI is InChI=1S/C21H19FN4O5S2/c22-15-5-1-2-6-18(15)33(28,29)26-9-3-4-13(11-26)20-24-25-21(32-20)19(27)23-14-7-8-16-17(10-14)31-12-30-16/h1-2,5-8,10,13H,3-4,9,11-12H2,(H,23,27)/t13-/m1/s1. The van der Waals surface area contributed by atoms with E-state index >= 15 is 0 Å². The molecule has 1 amide bonds. The summed E-state index contributed by atoms with van der Waals surface area (Å²) < 4.78 is 51.9. The van der Waals surface area contributed by atoms with Crippen molar-refractivity contribution in [2.24, 2.45) is 0 Å². The summed E-state index contributed by atoms with van der Waals surface area (Å²) in [5.74, 6) is -0.283. The highest BCUT2D eigenvalue weighted by molar-refractivity contribution is 7.89. The van der Waals surface area contributed by atoms with Gasteiger partial charge >= 0.3 is 0 Å². The van der Waals surface area contributed by atoms with Gasteiger partial charge in [-0.2, -0.15) is 4.31 Å². The van der Waals surface area contributed by atoms with Crippen molar-refractivity contribution in [3.8, 4) is 11.5 Å². The number of nitrogens with one attached hydrogen (secondary N) is 1. The number of sulfonamides is 1. The van der Waals surface area contributed by atoms with E-state index in [1.165, 1.54) is 22.5 Å². The lowest BCUT2D eigenvalue weighted by Crippen LogP contribution is -2.39. The topological polar surface area (TPSA) is 111 Å². The van der Waals surface area contributed by atoms with E-state index in [1.807, 2.05) is 0 Å². The van der Waals surface area contributed by atoms with Crippen LogP contribution in [0.4, 0.5) is 10.1 Å². The smallest absolute Gasteiger partial charge is 0.286 e. The normalized spacial score (nSPS) is 18.3. The fraction of sp³-hybridized carbons (Fsp3) is 0.286. The lowest BCUT2D eigenvalue weighted by Gasteiger charge is -2.30. The maximum atomic E-state index is 14.1. The highest BCUT2D eigenvalue weighted by atomic mass is 32.2. The molecule has 3 aromatic rings. The summed E-state index contributed by atoms with van der Waals surface area (Å²) in [7, 11) is -3.98. The summed E-state index contributed by atoms with van der Waals surface area (Å²) in [6.07, 6.45) is 1.29. The first kappa shape index (κ1) is 21.7. The molecule has 2 aliphatic heterocycles. The van der Waals surface area contributed by atoms with Gasteiger partial charge in [0, 0.05) is 30.8 Å². The van der Waals surface area contributed by atoms with Crippen molar-refractivity contribution in [3.05, 3.63) is 58.3 Å². The van der Waals surface area contributed by atoms with Crippen molar-refractivity contribution in [2.45, 2.75) is 23.7 Å². The Morgan fingerprint density at radius 1 is 1.15 bits per heavy atom. The number of amides is 1. The third-order valence-electron chi connectivity index (χ3n) is 5.45. The quantitative estimate of drug-likeness (QED) is 0.585. The SMILES string of the molecule is O=C(Nc1ccc2c(c1)OCO2)c1nnc([C@@H]2CCCN(S(=O)(=O)c3ccccc3F)C2)s1. The zero-order chi connectivity index (χ0) is 23.0. The number of fused-ring (bicyclic) bond motifs is 1. The summed E-state index contributed by atoms with van der Waals surface area (Å²) in [4.78, 5) is 12.3. The van der Waals surface area contributed by atoms with Crippen LogP contribution in [0.1, 0.15) is 33.6 Å². The Bertz CT molecular complexity index is 1310. The molecule has 0 radical (unpaired) electrons. The van der Waals surface area contributed by atoms with E-state index < -0.39 is 21.7 Å². The third-order valence-corrected chi connectivity index (χ3v) is 8.44. The first-order valence-corrected chi connectivity index (χ1v) is 12.5. The molecule has 1 aromatic heterocycles. The average Bonchev–Trinajstić information content (AvgIpc) is 3.49. The van der Waals surface area contributed by atoms with Gasteiger partial charge in [-0.25, -0.2) is 12.8 Å². The van der Waals surface area contributed by atoms with E-state index in [9.17, 15) is 17.6 Å². The number of rotatable bonds is 5. The number of carbonyl (C=O) groups excluding carboxylic acids is 1. The van der Waals surface area contributed by atoms with Gasteiger partial charge in [-0.15, -0.1) is 10.2 Å². The number of nitrogens with zero attached hydrogens (tertiary/aromatic N) is 3. The molecule has 0 unspecified atom stereocenters. The van der Waals surface area contributed by atoms with E-state index in [1.54, 1.807) is 18.2 Å². The largest absolute Gasteiger partial charge is 0.454 e. The number of ether oxygens (including phenoxy) is 2. The molecule has 3 heterocycles. The number of piperidine rings is 1. The van der Waals surface area contributed by atoms with E-state index in [0.29, 0.717) is 41.6 Å². The Morgan fingerprint density at radius 3 is 2.82 bits per heavy atom. The molecule has 2 aliphatic rings. The first-order valence-electron chi connectivity index (χ1n) is 10.2. The Morgan fingerprint density at radius 2 is 1.97 bits per heavy atom. The molecule has 5 rings (SSSR count). The van der Waals surface area contributed by atoms with Crippen molar-refractivity contribution in [1.82, 2.24) is 14.5 Å². The molecular weight excluding hydrogens is 471 g/mol. The van der Waals surface area contributed by atoms with Crippen LogP contribution in [0.25, 0.3) is 0 Å². The van der Waals surface area contributed by atoms with Crippen LogP contribution in [0.3, 0.4) is 0 Å². The zero-order valence-corrected chi connectivity index (χ0v) is 18.9. The van der Waals surface area contributed by atoms with Crippen LogP contribution in [0, 0.1) is 5.82 Å². The fourth-order valence-corrected chi connectivity index (χ4v) is 6.26. The predicted molar refractivity (Wildman–Crippen MR) is 118 cm³/mol. The minimum Gasteiger partial charge on any atom is -0.454 e. The van der Waals surface area contributed by atoms with Crippen LogP contribution in [-0.2, 0) is 10.0 Å². The molecule has 0 saturated carbocycles. The first-order chi connectivity index (χ1) is 15.9. The molecule has 2 aromatic carbocycles. The summed E-state index contributed by atoms with van der Waals surface area (Å²) in [6, 6.07) is 10.4. The number of carbonyl (C=O) groups is 1. The van der Waals surface area contributed by atoms with Crippen molar-refractivity contribution in [2.75, 3.05) is 25.2 Å². The van der Waals surface area contributed by atoms with Crippen molar-refractivity contribution >= 4 is 33.0 Å². The molecule has 1 atom stereocenters. The molecule has 33 heavy (non-hydrogen) atoms. The monoisotopic (exact) mass is 490 g/mol. The van der Waals surface area contributed by atoms with Gasteiger partial charge in [0.2, 0.25) is 21.8 Å². The summed E-state index contributed by atoms with van der Waals surface area (Å²) in [6.45, 7) is 0.579. The molecule has 12 heteroatoms. The van der Waals surface area contributed by atoms with Gasteiger partial charge in [0.15, 0.2) is 11.5 Å². The van der Waals surface area contributed by atoms with E-state index in [2.05, 4.69) is 15.5 Å². The second kappa shape index (κ2) is 8.69. The molecule has 1 saturated heterocycles. The van der Waals surface area contributed by atoms with Gasteiger partial charge < -0.3 is 14.8 Å². The van der Waals surface area contributed by atoms with Crippen LogP contribution < -0.4 is 14.8 Å². The molecule has 0 spiro atoms. The second-order valence-corrected chi connectivity index (χ2v) is 10.5. The Balaban J connectivity index is 1.29. The molecule has 1 fully saturated rings.